The molecule has 0 fully saturated rings. The third kappa shape index (κ3) is 25.7. The highest BCUT2D eigenvalue weighted by atomic mass is 16.5. The van der Waals surface area contributed by atoms with E-state index in [4.69, 9.17) is 4.74 Å². The normalized spacial score (nSPS) is 10.4. The van der Waals surface area contributed by atoms with Crippen LogP contribution in [0.5, 0.6) is 0 Å². The van der Waals surface area contributed by atoms with E-state index in [9.17, 15) is 0 Å². The third-order valence-corrected chi connectivity index (χ3v) is 1.32. The molecule has 0 unspecified atom stereocenters. The van der Waals surface area contributed by atoms with E-state index in [0.717, 1.165) is 0 Å². The number of methoxy groups -OCH3 is 1. The van der Waals surface area contributed by atoms with Crippen LogP contribution in [0, 0.1) is 0 Å². The molecule has 1 heteroatoms. The number of hydrogen-bond acceptors (Lipinski definition) is 1. The van der Waals surface area contributed by atoms with Crippen LogP contribution in [-0.4, -0.2) is 12.7 Å². The molecule has 0 saturated heterocycles. The fourth-order valence-corrected chi connectivity index (χ4v) is 0.354. The van der Waals surface area contributed by atoms with E-state index in [2.05, 4.69) is 13.8 Å². The van der Waals surface area contributed by atoms with Gasteiger partial charge < -0.3 is 4.74 Å². The molecule has 0 radical (unpaired) electrons. The molecule has 0 atom stereocenters. The van der Waals surface area contributed by atoms with Crippen LogP contribution in [-0.2, 0) is 4.74 Å². The highest BCUT2D eigenvalue weighted by Gasteiger charge is 2.03. The summed E-state index contributed by atoms with van der Waals surface area (Å²) >= 11 is 0. The van der Waals surface area contributed by atoms with Gasteiger partial charge in [0.05, 0.1) is 5.60 Å². The SMILES string of the molecule is CCCCC.COC(C)(C)C. The molecule has 0 amide bonds. The number of hydrogen-bond donors (Lipinski definition) is 0. The molecular formula is C10H24O. The Bertz CT molecular complexity index is 59.8. The Hall–Kier alpha value is -0.0400. The largest absolute Gasteiger partial charge is 0.379 e. The van der Waals surface area contributed by atoms with Gasteiger partial charge in [-0.2, -0.15) is 0 Å². The van der Waals surface area contributed by atoms with Crippen molar-refractivity contribution in [3.8, 4) is 0 Å². The van der Waals surface area contributed by atoms with Crippen molar-refractivity contribution in [1.82, 2.24) is 0 Å². The van der Waals surface area contributed by atoms with Gasteiger partial charge in [0, 0.05) is 7.11 Å². The molecule has 0 aliphatic rings. The Balaban J connectivity index is 0. The van der Waals surface area contributed by atoms with Crippen LogP contribution in [0.3, 0.4) is 0 Å². The molecule has 0 rings (SSSR count). The zero-order chi connectivity index (χ0) is 9.33. The smallest absolute Gasteiger partial charge is 0.0594 e. The van der Waals surface area contributed by atoms with Crippen molar-refractivity contribution in [2.45, 2.75) is 59.5 Å². The van der Waals surface area contributed by atoms with Crippen molar-refractivity contribution < 1.29 is 4.74 Å². The molecule has 70 valence electrons. The fourth-order valence-electron chi connectivity index (χ4n) is 0.354. The van der Waals surface area contributed by atoms with Crippen LogP contribution in [0.4, 0.5) is 0 Å². The van der Waals surface area contributed by atoms with Crippen LogP contribution in [0.2, 0.25) is 0 Å². The molecule has 0 N–H and O–H groups in total. The van der Waals surface area contributed by atoms with Gasteiger partial charge in [-0.15, -0.1) is 0 Å². The molecular weight excluding hydrogens is 136 g/mol. The summed E-state index contributed by atoms with van der Waals surface area (Å²) in [6.07, 6.45) is 4.08. The fraction of sp³-hybridized carbons (Fsp3) is 1.00. The summed E-state index contributed by atoms with van der Waals surface area (Å²) in [5, 5.41) is 0. The minimum absolute atomic E-state index is 0.0417. The van der Waals surface area contributed by atoms with Crippen LogP contribution in [0.15, 0.2) is 0 Å². The molecule has 0 heterocycles. The minimum Gasteiger partial charge on any atom is -0.379 e. The summed E-state index contributed by atoms with van der Waals surface area (Å²) in [5.74, 6) is 0. The molecule has 0 aromatic rings. The summed E-state index contributed by atoms with van der Waals surface area (Å²) in [4.78, 5) is 0. The van der Waals surface area contributed by atoms with E-state index < -0.39 is 0 Å². The third-order valence-electron chi connectivity index (χ3n) is 1.32. The molecule has 11 heavy (non-hydrogen) atoms. The lowest BCUT2D eigenvalue weighted by molar-refractivity contribution is 0.0397. The Morgan fingerprint density at radius 1 is 1.00 bits per heavy atom. The van der Waals surface area contributed by atoms with E-state index in [1.54, 1.807) is 7.11 Å². The summed E-state index contributed by atoms with van der Waals surface area (Å²) < 4.78 is 4.94. The second-order valence-electron chi connectivity index (χ2n) is 3.67. The molecule has 0 aromatic carbocycles. The van der Waals surface area contributed by atoms with Gasteiger partial charge in [0.1, 0.15) is 0 Å². The first kappa shape index (κ1) is 13.5. The summed E-state index contributed by atoms with van der Waals surface area (Å²) in [5.41, 5.74) is 0.0417. The van der Waals surface area contributed by atoms with E-state index in [0.29, 0.717) is 0 Å². The highest BCUT2D eigenvalue weighted by Crippen LogP contribution is 2.02. The van der Waals surface area contributed by atoms with Crippen molar-refractivity contribution >= 4 is 0 Å². The van der Waals surface area contributed by atoms with Gasteiger partial charge in [-0.3, -0.25) is 0 Å². The lowest BCUT2D eigenvalue weighted by Crippen LogP contribution is -2.15. The maximum atomic E-state index is 4.94. The summed E-state index contributed by atoms with van der Waals surface area (Å²) in [6, 6.07) is 0. The van der Waals surface area contributed by atoms with Gasteiger partial charge >= 0.3 is 0 Å². The molecule has 1 nitrogen and oxygen atoms in total. The highest BCUT2D eigenvalue weighted by molar-refractivity contribution is 4.55. The monoisotopic (exact) mass is 160 g/mol. The Morgan fingerprint density at radius 3 is 1.27 bits per heavy atom. The van der Waals surface area contributed by atoms with Gasteiger partial charge in [0.25, 0.3) is 0 Å². The molecule has 0 aliphatic heterocycles. The average Bonchev–Trinajstić information content (AvgIpc) is 1.90. The van der Waals surface area contributed by atoms with E-state index >= 15 is 0 Å². The minimum atomic E-state index is 0.0417. The molecule has 0 aromatic heterocycles. The topological polar surface area (TPSA) is 9.23 Å². The van der Waals surface area contributed by atoms with Gasteiger partial charge in [-0.05, 0) is 20.8 Å². The van der Waals surface area contributed by atoms with Gasteiger partial charge in [0.15, 0.2) is 0 Å². The zero-order valence-electron chi connectivity index (χ0n) is 9.03. The lowest BCUT2D eigenvalue weighted by atomic mass is 10.2. The first-order chi connectivity index (χ1) is 4.97. The molecule has 0 saturated carbocycles. The number of rotatable bonds is 2. The van der Waals surface area contributed by atoms with Crippen molar-refractivity contribution in [1.29, 1.82) is 0 Å². The zero-order valence-corrected chi connectivity index (χ0v) is 9.03. The van der Waals surface area contributed by atoms with Gasteiger partial charge in [0.2, 0.25) is 0 Å². The van der Waals surface area contributed by atoms with Crippen LogP contribution in [0.1, 0.15) is 53.9 Å². The first-order valence-corrected chi connectivity index (χ1v) is 4.53. The predicted molar refractivity (Wildman–Crippen MR) is 52.0 cm³/mol. The van der Waals surface area contributed by atoms with E-state index in [1.807, 2.05) is 20.8 Å². The summed E-state index contributed by atoms with van der Waals surface area (Å²) in [6.45, 7) is 10.5. The Morgan fingerprint density at radius 2 is 1.27 bits per heavy atom. The summed E-state index contributed by atoms with van der Waals surface area (Å²) in [7, 11) is 1.71. The van der Waals surface area contributed by atoms with E-state index in [1.165, 1.54) is 19.3 Å². The first-order valence-electron chi connectivity index (χ1n) is 4.53. The Labute approximate surface area is 72.1 Å². The van der Waals surface area contributed by atoms with Crippen LogP contribution in [0.25, 0.3) is 0 Å². The predicted octanol–water partition coefficient (Wildman–Crippen LogP) is 3.63. The number of ether oxygens (including phenoxy) is 1. The van der Waals surface area contributed by atoms with Crippen LogP contribution >= 0.6 is 0 Å². The van der Waals surface area contributed by atoms with Gasteiger partial charge in [-0.25, -0.2) is 0 Å². The quantitative estimate of drug-likeness (QED) is 0.599. The van der Waals surface area contributed by atoms with Crippen molar-refractivity contribution in [2.24, 2.45) is 0 Å². The van der Waals surface area contributed by atoms with Crippen molar-refractivity contribution in [2.75, 3.05) is 7.11 Å². The molecule has 0 aliphatic carbocycles. The standard InChI is InChI=1S/C5H12O.C5H12/c1-5(2,3)6-4;1-3-5-4-2/h1-4H3;3-5H2,1-2H3. The van der Waals surface area contributed by atoms with E-state index in [-0.39, 0.29) is 5.60 Å². The average molecular weight is 160 g/mol. The Kier molecular flexibility index (Phi) is 9.92. The van der Waals surface area contributed by atoms with Gasteiger partial charge in [-0.1, -0.05) is 33.1 Å². The van der Waals surface area contributed by atoms with Crippen molar-refractivity contribution in [3.63, 3.8) is 0 Å². The van der Waals surface area contributed by atoms with Crippen LogP contribution < -0.4 is 0 Å². The molecule has 0 bridgehead atoms. The second kappa shape index (κ2) is 8.06. The lowest BCUT2D eigenvalue weighted by Gasteiger charge is -2.14. The molecule has 0 spiro atoms. The maximum Gasteiger partial charge on any atom is 0.0594 e. The number of unbranched alkanes of at least 4 members (excludes halogenated alkanes) is 2. The maximum absolute atomic E-state index is 4.94. The second-order valence-corrected chi connectivity index (χ2v) is 3.67. The van der Waals surface area contributed by atoms with Crippen molar-refractivity contribution in [3.05, 3.63) is 0 Å².